The summed E-state index contributed by atoms with van der Waals surface area (Å²) in [5.74, 6) is 0.450. The van der Waals surface area contributed by atoms with E-state index in [1.54, 1.807) is 12.1 Å². The Bertz CT molecular complexity index is 525. The Hall–Kier alpha value is -1.62. The molecule has 1 aliphatic carbocycles. The van der Waals surface area contributed by atoms with Gasteiger partial charge in [0.2, 0.25) is 0 Å². The third kappa shape index (κ3) is 4.43. The van der Waals surface area contributed by atoms with Crippen molar-refractivity contribution in [3.8, 4) is 5.75 Å². The van der Waals surface area contributed by atoms with E-state index in [4.69, 9.17) is 22.7 Å². The minimum absolute atomic E-state index is 0.0186. The second kappa shape index (κ2) is 6.89. The molecule has 3 N–H and O–H groups in total. The van der Waals surface area contributed by atoms with Crippen molar-refractivity contribution in [2.45, 2.75) is 44.6 Å². The maximum absolute atomic E-state index is 12.1. The third-order valence-electron chi connectivity index (χ3n) is 3.91. The predicted molar refractivity (Wildman–Crippen MR) is 87.5 cm³/mol. The van der Waals surface area contributed by atoms with Crippen molar-refractivity contribution >= 4 is 23.1 Å². The molecule has 1 aromatic carbocycles. The summed E-state index contributed by atoms with van der Waals surface area (Å²) in [5, 5.41) is 3.09. The van der Waals surface area contributed by atoms with E-state index in [0.29, 0.717) is 11.3 Å². The van der Waals surface area contributed by atoms with Crippen molar-refractivity contribution in [1.82, 2.24) is 5.32 Å². The average molecular weight is 306 g/mol. The monoisotopic (exact) mass is 306 g/mol. The van der Waals surface area contributed by atoms with Crippen LogP contribution >= 0.6 is 12.2 Å². The zero-order chi connectivity index (χ0) is 15.3. The Kier molecular flexibility index (Phi) is 5.17. The molecule has 4 nitrogen and oxygen atoms in total. The van der Waals surface area contributed by atoms with Crippen LogP contribution in [0.1, 0.15) is 44.6 Å². The predicted octanol–water partition coefficient (Wildman–Crippen LogP) is 2.54. The Morgan fingerprint density at radius 3 is 2.67 bits per heavy atom. The topological polar surface area (TPSA) is 64.3 Å². The van der Waals surface area contributed by atoms with Crippen LogP contribution in [0.15, 0.2) is 24.3 Å². The van der Waals surface area contributed by atoms with Gasteiger partial charge in [0.05, 0.1) is 5.56 Å². The van der Waals surface area contributed by atoms with Gasteiger partial charge in [-0.2, -0.15) is 0 Å². The first-order valence-electron chi connectivity index (χ1n) is 7.33. The highest BCUT2D eigenvalue weighted by Crippen LogP contribution is 2.27. The molecule has 1 fully saturated rings. The minimum atomic E-state index is -0.0999. The first-order valence-corrected chi connectivity index (χ1v) is 7.74. The molecule has 0 spiro atoms. The van der Waals surface area contributed by atoms with Crippen LogP contribution < -0.4 is 15.8 Å². The maximum Gasteiger partial charge on any atom is 0.258 e. The van der Waals surface area contributed by atoms with Gasteiger partial charge in [-0.05, 0) is 31.9 Å². The van der Waals surface area contributed by atoms with Gasteiger partial charge in [0.25, 0.3) is 5.91 Å². The second-order valence-corrected chi connectivity index (χ2v) is 6.26. The summed E-state index contributed by atoms with van der Waals surface area (Å²) in [6, 6.07) is 7.23. The van der Waals surface area contributed by atoms with Crippen molar-refractivity contribution < 1.29 is 9.53 Å². The number of rotatable bonds is 5. The standard InChI is InChI=1S/C16H22N2O2S/c1-16(9-5-2-6-10-16)18-14(19)11-20-13-8-4-3-7-12(13)15(17)21/h3-4,7-8H,2,5-6,9-11H2,1H3,(H2,17,21)(H,18,19). The van der Waals surface area contributed by atoms with E-state index in [1.165, 1.54) is 19.3 Å². The summed E-state index contributed by atoms with van der Waals surface area (Å²) in [4.78, 5) is 12.3. The number of benzene rings is 1. The molecule has 114 valence electrons. The number of amides is 1. The number of thiocarbonyl (C=S) groups is 1. The van der Waals surface area contributed by atoms with E-state index in [0.717, 1.165) is 12.8 Å². The van der Waals surface area contributed by atoms with E-state index in [1.807, 2.05) is 12.1 Å². The van der Waals surface area contributed by atoms with Crippen LogP contribution in [0.5, 0.6) is 5.75 Å². The number of hydrogen-bond donors (Lipinski definition) is 2. The average Bonchev–Trinajstić information content (AvgIpc) is 2.45. The number of nitrogens with two attached hydrogens (primary N) is 1. The molecule has 1 saturated carbocycles. The molecule has 0 aromatic heterocycles. The van der Waals surface area contributed by atoms with Gasteiger partial charge >= 0.3 is 0 Å². The van der Waals surface area contributed by atoms with Gasteiger partial charge in [-0.1, -0.05) is 43.6 Å². The molecule has 1 aliphatic rings. The SMILES string of the molecule is CC1(NC(=O)COc2ccccc2C(N)=S)CCCCC1. The van der Waals surface area contributed by atoms with Gasteiger partial charge in [0, 0.05) is 5.54 Å². The van der Waals surface area contributed by atoms with Crippen LogP contribution in [-0.4, -0.2) is 23.0 Å². The molecule has 0 atom stereocenters. The zero-order valence-electron chi connectivity index (χ0n) is 12.4. The van der Waals surface area contributed by atoms with Crippen molar-refractivity contribution in [1.29, 1.82) is 0 Å². The van der Waals surface area contributed by atoms with Gasteiger partial charge in [0.15, 0.2) is 6.61 Å². The first-order chi connectivity index (χ1) is 10.0. The number of ether oxygens (including phenoxy) is 1. The molecule has 21 heavy (non-hydrogen) atoms. The van der Waals surface area contributed by atoms with Gasteiger partial charge in [-0.25, -0.2) is 0 Å². The Labute approximate surface area is 131 Å². The molecule has 0 unspecified atom stereocenters. The fourth-order valence-electron chi connectivity index (χ4n) is 2.77. The fourth-order valence-corrected chi connectivity index (χ4v) is 2.94. The number of hydrogen-bond acceptors (Lipinski definition) is 3. The number of para-hydroxylation sites is 1. The zero-order valence-corrected chi connectivity index (χ0v) is 13.2. The minimum Gasteiger partial charge on any atom is -0.483 e. The highest BCUT2D eigenvalue weighted by atomic mass is 32.1. The van der Waals surface area contributed by atoms with Crippen LogP contribution in [-0.2, 0) is 4.79 Å². The lowest BCUT2D eigenvalue weighted by molar-refractivity contribution is -0.125. The lowest BCUT2D eigenvalue weighted by atomic mass is 9.83. The molecule has 0 bridgehead atoms. The van der Waals surface area contributed by atoms with E-state index >= 15 is 0 Å². The normalized spacial score (nSPS) is 17.0. The molecule has 1 aromatic rings. The van der Waals surface area contributed by atoms with E-state index in [2.05, 4.69) is 12.2 Å². The summed E-state index contributed by atoms with van der Waals surface area (Å²) in [6.07, 6.45) is 5.65. The van der Waals surface area contributed by atoms with Crippen molar-refractivity contribution in [3.63, 3.8) is 0 Å². The van der Waals surface area contributed by atoms with Crippen LogP contribution in [0.2, 0.25) is 0 Å². The molecule has 0 aliphatic heterocycles. The van der Waals surface area contributed by atoms with Crippen molar-refractivity contribution in [2.75, 3.05) is 6.61 Å². The Morgan fingerprint density at radius 1 is 1.33 bits per heavy atom. The largest absolute Gasteiger partial charge is 0.483 e. The highest BCUT2D eigenvalue weighted by Gasteiger charge is 2.28. The number of carbonyl (C=O) groups excluding carboxylic acids is 1. The smallest absolute Gasteiger partial charge is 0.258 e. The van der Waals surface area contributed by atoms with Crippen molar-refractivity contribution in [2.24, 2.45) is 5.73 Å². The molecule has 1 amide bonds. The molecule has 2 rings (SSSR count). The third-order valence-corrected chi connectivity index (χ3v) is 4.13. The van der Waals surface area contributed by atoms with Crippen LogP contribution in [0.25, 0.3) is 0 Å². The molecule has 0 saturated heterocycles. The lowest BCUT2D eigenvalue weighted by Crippen LogP contribution is -2.48. The van der Waals surface area contributed by atoms with Gasteiger partial charge < -0.3 is 15.8 Å². The van der Waals surface area contributed by atoms with Gasteiger partial charge in [0.1, 0.15) is 10.7 Å². The fraction of sp³-hybridized carbons (Fsp3) is 0.500. The number of nitrogens with one attached hydrogen (secondary N) is 1. The van der Waals surface area contributed by atoms with Gasteiger partial charge in [-0.3, -0.25) is 4.79 Å². The van der Waals surface area contributed by atoms with E-state index in [-0.39, 0.29) is 23.0 Å². The quantitative estimate of drug-likeness (QED) is 0.821. The summed E-state index contributed by atoms with van der Waals surface area (Å²) >= 11 is 4.98. The molecule has 0 heterocycles. The van der Waals surface area contributed by atoms with E-state index < -0.39 is 0 Å². The Morgan fingerprint density at radius 2 is 2.00 bits per heavy atom. The first kappa shape index (κ1) is 15.8. The van der Waals surface area contributed by atoms with Gasteiger partial charge in [-0.15, -0.1) is 0 Å². The second-order valence-electron chi connectivity index (χ2n) is 5.82. The van der Waals surface area contributed by atoms with E-state index in [9.17, 15) is 4.79 Å². The molecule has 5 heteroatoms. The lowest BCUT2D eigenvalue weighted by Gasteiger charge is -2.34. The highest BCUT2D eigenvalue weighted by molar-refractivity contribution is 7.80. The van der Waals surface area contributed by atoms with Crippen LogP contribution in [0, 0.1) is 0 Å². The maximum atomic E-state index is 12.1. The molecule has 0 radical (unpaired) electrons. The van der Waals surface area contributed by atoms with Crippen LogP contribution in [0.4, 0.5) is 0 Å². The summed E-state index contributed by atoms with van der Waals surface area (Å²) in [5.41, 5.74) is 6.20. The number of carbonyl (C=O) groups is 1. The Balaban J connectivity index is 1.91. The van der Waals surface area contributed by atoms with Crippen LogP contribution in [0.3, 0.4) is 0 Å². The molecular weight excluding hydrogens is 284 g/mol. The van der Waals surface area contributed by atoms with Crippen molar-refractivity contribution in [3.05, 3.63) is 29.8 Å². The summed E-state index contributed by atoms with van der Waals surface area (Å²) < 4.78 is 5.57. The molecular formula is C16H22N2O2S. The summed E-state index contributed by atoms with van der Waals surface area (Å²) in [6.45, 7) is 2.09. The summed E-state index contributed by atoms with van der Waals surface area (Å²) in [7, 11) is 0.